The number of hydrogen-bond donors (Lipinski definition) is 2. The first kappa shape index (κ1) is 28.3. The van der Waals surface area contributed by atoms with Crippen molar-refractivity contribution in [1.82, 2.24) is 25.2 Å². The number of fused-ring (bicyclic) bond motifs is 5. The van der Waals surface area contributed by atoms with Crippen LogP contribution < -0.4 is 15.0 Å². The monoisotopic (exact) mass is 636 g/mol. The van der Waals surface area contributed by atoms with Gasteiger partial charge in [-0.3, -0.25) is 15.2 Å². The van der Waals surface area contributed by atoms with Gasteiger partial charge in [0.05, 0.1) is 16.5 Å². The van der Waals surface area contributed by atoms with Gasteiger partial charge in [-0.1, -0.05) is 12.0 Å². The van der Waals surface area contributed by atoms with Gasteiger partial charge in [-0.2, -0.15) is 9.97 Å². The average Bonchev–Trinajstić information content (AvgIpc) is 3.55. The summed E-state index contributed by atoms with van der Waals surface area (Å²) in [7, 11) is -3.32. The van der Waals surface area contributed by atoms with E-state index >= 15 is 4.39 Å². The number of ether oxygens (including phenoxy) is 1. The van der Waals surface area contributed by atoms with Crippen LogP contribution in [0.3, 0.4) is 0 Å². The molecule has 45 heavy (non-hydrogen) atoms. The molecule has 4 aromatic rings. The number of terminal acetylenes is 1. The van der Waals surface area contributed by atoms with Crippen LogP contribution in [0, 0.1) is 24.0 Å². The highest BCUT2D eigenvalue weighted by molar-refractivity contribution is 7.94. The molecule has 5 aliphatic rings. The maximum atomic E-state index is 16.7. The van der Waals surface area contributed by atoms with E-state index in [0.717, 1.165) is 19.4 Å². The number of pyridine rings is 1. The Kier molecular flexibility index (Phi) is 6.23. The number of nitrogens with zero attached hydrogens (tertiary/aromatic N) is 5. The highest BCUT2D eigenvalue weighted by atomic mass is 32.2. The van der Waals surface area contributed by atoms with Crippen molar-refractivity contribution in [1.29, 1.82) is 0 Å². The van der Waals surface area contributed by atoms with E-state index < -0.39 is 43.9 Å². The van der Waals surface area contributed by atoms with E-state index in [2.05, 4.69) is 31.1 Å². The molecule has 232 valence electrons. The number of hydrogen-bond acceptors (Lipinski definition) is 10. The Morgan fingerprint density at radius 3 is 2.73 bits per heavy atom. The standard InChI is InChI=1S/C31H27F3N6O4S/c1-2-19-22(33)5-4-16-8-18(41)9-20(25(16)19)27-26(34)28-21(11-35-27)29(39-13-23-36-24(14-39)45(23,42)43)38-30(37-28)44-15-31-6-3-7-40(31)12-17(32)10-31/h1,4-5,8-9,11,17,23-24,36,41H,3,6-7,10,12-15H2/t17-,23?,24?,31+/m1/s1. The summed E-state index contributed by atoms with van der Waals surface area (Å²) in [5, 5.41) is 12.7. The number of rotatable bonds is 5. The van der Waals surface area contributed by atoms with Crippen LogP contribution in [-0.4, -0.2) is 88.6 Å². The molecule has 4 atom stereocenters. The third kappa shape index (κ3) is 4.24. The van der Waals surface area contributed by atoms with Gasteiger partial charge in [0, 0.05) is 43.2 Å². The molecule has 2 aromatic heterocycles. The first-order valence-electron chi connectivity index (χ1n) is 14.6. The molecule has 2 bridgehead atoms. The number of anilines is 1. The molecule has 9 rings (SSSR count). The average molecular weight is 637 g/mol. The molecule has 0 amide bonds. The molecule has 0 saturated carbocycles. The Hall–Kier alpha value is -4.19. The van der Waals surface area contributed by atoms with Crippen molar-refractivity contribution in [3.63, 3.8) is 0 Å². The van der Waals surface area contributed by atoms with E-state index in [1.807, 2.05) is 0 Å². The summed E-state index contributed by atoms with van der Waals surface area (Å²) in [6.45, 7) is 1.32. The van der Waals surface area contributed by atoms with Gasteiger partial charge in [0.2, 0.25) is 0 Å². The van der Waals surface area contributed by atoms with Gasteiger partial charge >= 0.3 is 6.01 Å². The SMILES string of the molecule is C#Cc1c(F)ccc2cc(O)cc(-c3ncc4c(N5CC6NC(C5)S6(=O)=O)nc(OC[C@@]56CCCN5C[C@H](F)C6)nc4c3F)c12. The number of sulfone groups is 1. The van der Waals surface area contributed by atoms with Crippen LogP contribution >= 0.6 is 0 Å². The third-order valence-electron chi connectivity index (χ3n) is 9.56. The van der Waals surface area contributed by atoms with Gasteiger partial charge in [-0.15, -0.1) is 6.42 Å². The van der Waals surface area contributed by atoms with Crippen LogP contribution in [0.15, 0.2) is 30.5 Å². The molecule has 5 fully saturated rings. The molecular weight excluding hydrogens is 609 g/mol. The number of phenolic OH excluding ortho intramolecular Hbond substituents is 1. The van der Waals surface area contributed by atoms with E-state index in [0.29, 0.717) is 18.4 Å². The first-order valence-corrected chi connectivity index (χ1v) is 16.2. The molecule has 10 nitrogen and oxygen atoms in total. The number of benzene rings is 2. The first-order chi connectivity index (χ1) is 21.6. The summed E-state index contributed by atoms with van der Waals surface area (Å²) < 4.78 is 76.9. The van der Waals surface area contributed by atoms with Gasteiger partial charge < -0.3 is 14.7 Å². The normalized spacial score (nSPS) is 27.0. The van der Waals surface area contributed by atoms with Crippen LogP contribution in [0.1, 0.15) is 24.8 Å². The second-order valence-corrected chi connectivity index (χ2v) is 14.5. The largest absolute Gasteiger partial charge is 0.508 e. The molecule has 0 aliphatic carbocycles. The quantitative estimate of drug-likeness (QED) is 0.316. The third-order valence-corrected chi connectivity index (χ3v) is 11.7. The van der Waals surface area contributed by atoms with E-state index in [9.17, 15) is 22.3 Å². The lowest BCUT2D eigenvalue weighted by molar-refractivity contribution is 0.107. The van der Waals surface area contributed by atoms with Gasteiger partial charge in [-0.05, 0) is 43.0 Å². The molecule has 0 spiro atoms. The predicted octanol–water partition coefficient (Wildman–Crippen LogP) is 3.26. The Labute approximate surface area is 256 Å². The molecule has 2 unspecified atom stereocenters. The van der Waals surface area contributed by atoms with Crippen molar-refractivity contribution < 1.29 is 31.4 Å². The number of aromatic nitrogens is 3. The van der Waals surface area contributed by atoms with Crippen molar-refractivity contribution in [2.75, 3.05) is 37.7 Å². The highest BCUT2D eigenvalue weighted by Crippen LogP contribution is 2.42. The maximum Gasteiger partial charge on any atom is 0.319 e. The molecule has 5 saturated heterocycles. The lowest BCUT2D eigenvalue weighted by Gasteiger charge is -2.47. The fraction of sp³-hybridized carbons (Fsp3) is 0.387. The second-order valence-electron chi connectivity index (χ2n) is 12.2. The number of halogens is 3. The summed E-state index contributed by atoms with van der Waals surface area (Å²) in [5.41, 5.74) is -0.958. The van der Waals surface area contributed by atoms with E-state index in [-0.39, 0.29) is 70.4 Å². The maximum absolute atomic E-state index is 16.7. The smallest absolute Gasteiger partial charge is 0.319 e. The van der Waals surface area contributed by atoms with Crippen LogP contribution in [0.2, 0.25) is 0 Å². The molecular formula is C31H27F3N6O4S. The topological polar surface area (TPSA) is 121 Å². The molecule has 5 aliphatic heterocycles. The van der Waals surface area contributed by atoms with Gasteiger partial charge in [-0.25, -0.2) is 21.6 Å². The van der Waals surface area contributed by atoms with Crippen LogP contribution in [0.4, 0.5) is 19.0 Å². The lowest BCUT2D eigenvalue weighted by atomic mass is 9.95. The second kappa shape index (κ2) is 9.90. The fourth-order valence-corrected chi connectivity index (χ4v) is 9.05. The van der Waals surface area contributed by atoms with Gasteiger partial charge in [0.15, 0.2) is 15.7 Å². The number of piperazine rings is 1. The summed E-state index contributed by atoms with van der Waals surface area (Å²) in [6.07, 6.45) is 7.98. The Morgan fingerprint density at radius 1 is 1.18 bits per heavy atom. The minimum atomic E-state index is -3.32. The van der Waals surface area contributed by atoms with Gasteiger partial charge in [0.1, 0.15) is 52.1 Å². The number of phenols is 1. The van der Waals surface area contributed by atoms with E-state index in [4.69, 9.17) is 11.2 Å². The molecule has 0 radical (unpaired) electrons. The highest BCUT2D eigenvalue weighted by Gasteiger charge is 2.52. The number of alkyl halides is 1. The van der Waals surface area contributed by atoms with Crippen LogP contribution in [-0.2, 0) is 9.84 Å². The minimum Gasteiger partial charge on any atom is -0.508 e. The Morgan fingerprint density at radius 2 is 1.98 bits per heavy atom. The van der Waals surface area contributed by atoms with Crippen LogP contribution in [0.5, 0.6) is 11.8 Å². The van der Waals surface area contributed by atoms with Crippen molar-refractivity contribution in [2.24, 2.45) is 0 Å². The number of aromatic hydroxyl groups is 1. The van der Waals surface area contributed by atoms with E-state index in [1.54, 1.807) is 4.90 Å². The lowest BCUT2D eigenvalue weighted by Crippen LogP contribution is -2.73. The minimum absolute atomic E-state index is 0.0643. The number of nitrogens with one attached hydrogen (secondary N) is 1. The van der Waals surface area contributed by atoms with Crippen molar-refractivity contribution >= 4 is 37.3 Å². The zero-order chi connectivity index (χ0) is 31.2. The molecule has 7 heterocycles. The van der Waals surface area contributed by atoms with Crippen molar-refractivity contribution in [3.05, 3.63) is 47.7 Å². The zero-order valence-electron chi connectivity index (χ0n) is 23.8. The van der Waals surface area contributed by atoms with Crippen molar-refractivity contribution in [2.45, 2.75) is 41.7 Å². The fourth-order valence-electron chi connectivity index (χ4n) is 7.40. The summed E-state index contributed by atoms with van der Waals surface area (Å²) in [4.78, 5) is 17.2. The van der Waals surface area contributed by atoms with Crippen LogP contribution in [0.25, 0.3) is 32.9 Å². The Bertz CT molecular complexity index is 2060. The molecule has 14 heteroatoms. The zero-order valence-corrected chi connectivity index (χ0v) is 24.6. The van der Waals surface area contributed by atoms with Gasteiger partial charge in [0.25, 0.3) is 0 Å². The summed E-state index contributed by atoms with van der Waals surface area (Å²) in [5.74, 6) is 0.781. The predicted molar refractivity (Wildman–Crippen MR) is 160 cm³/mol. The summed E-state index contributed by atoms with van der Waals surface area (Å²) in [6, 6.07) is 5.11. The summed E-state index contributed by atoms with van der Waals surface area (Å²) >= 11 is 0. The van der Waals surface area contributed by atoms with Crippen molar-refractivity contribution in [3.8, 4) is 35.4 Å². The Balaban J connectivity index is 1.28. The molecule has 2 N–H and O–H groups in total. The molecule has 2 aromatic carbocycles. The van der Waals surface area contributed by atoms with E-state index in [1.165, 1.54) is 30.5 Å².